The zero-order valence-electron chi connectivity index (χ0n) is 17.4. The Balaban J connectivity index is 1.50. The fraction of sp³-hybridized carbons (Fsp3) is 0.478. The number of piperazine rings is 1. The molecule has 28 heavy (non-hydrogen) atoms. The van der Waals surface area contributed by atoms with Gasteiger partial charge in [0.2, 0.25) is 5.95 Å². The first kappa shape index (κ1) is 20.3. The second kappa shape index (κ2) is 10.2. The second-order valence-corrected chi connectivity index (χ2v) is 7.90. The van der Waals surface area contributed by atoms with E-state index in [1.165, 1.54) is 5.56 Å². The summed E-state index contributed by atoms with van der Waals surface area (Å²) in [6.07, 6.45) is 5.60. The van der Waals surface area contributed by atoms with Crippen LogP contribution in [0.4, 0.5) is 11.8 Å². The molecule has 1 aliphatic rings. The van der Waals surface area contributed by atoms with Crippen LogP contribution in [0.25, 0.3) is 6.08 Å². The summed E-state index contributed by atoms with van der Waals surface area (Å²) in [5, 5.41) is 3.45. The number of aryl methyl sites for hydroxylation is 1. The molecule has 0 unspecified atom stereocenters. The van der Waals surface area contributed by atoms with Crippen molar-refractivity contribution >= 4 is 17.8 Å². The van der Waals surface area contributed by atoms with E-state index in [0.717, 1.165) is 63.1 Å². The van der Waals surface area contributed by atoms with Crippen molar-refractivity contribution in [3.05, 3.63) is 53.7 Å². The molecule has 5 heteroatoms. The SMILES string of the molecule is Cc1cc(NCCC(C)C)nc(N2CCN(C/C=C/c3ccccc3)CC2)n1. The summed E-state index contributed by atoms with van der Waals surface area (Å²) >= 11 is 0. The van der Waals surface area contributed by atoms with Crippen molar-refractivity contribution < 1.29 is 0 Å². The lowest BCUT2D eigenvalue weighted by Gasteiger charge is -2.34. The molecule has 0 spiro atoms. The van der Waals surface area contributed by atoms with E-state index < -0.39 is 0 Å². The van der Waals surface area contributed by atoms with Crippen LogP contribution in [0.3, 0.4) is 0 Å². The molecule has 1 aromatic heterocycles. The maximum atomic E-state index is 4.75. The summed E-state index contributed by atoms with van der Waals surface area (Å²) < 4.78 is 0. The molecule has 0 saturated carbocycles. The van der Waals surface area contributed by atoms with Crippen LogP contribution in [0.2, 0.25) is 0 Å². The minimum atomic E-state index is 0.693. The van der Waals surface area contributed by atoms with Gasteiger partial charge in [0.1, 0.15) is 5.82 Å². The van der Waals surface area contributed by atoms with Crippen molar-refractivity contribution in [2.24, 2.45) is 5.92 Å². The maximum Gasteiger partial charge on any atom is 0.227 e. The lowest BCUT2D eigenvalue weighted by molar-refractivity contribution is 0.283. The number of anilines is 2. The molecule has 0 radical (unpaired) electrons. The minimum Gasteiger partial charge on any atom is -0.370 e. The molecule has 0 aliphatic carbocycles. The average molecular weight is 380 g/mol. The van der Waals surface area contributed by atoms with E-state index in [0.29, 0.717) is 5.92 Å². The number of nitrogens with zero attached hydrogens (tertiary/aromatic N) is 4. The highest BCUT2D eigenvalue weighted by molar-refractivity contribution is 5.49. The fourth-order valence-electron chi connectivity index (χ4n) is 3.31. The molecule has 1 N–H and O–H groups in total. The fourth-order valence-corrected chi connectivity index (χ4v) is 3.31. The Bertz CT molecular complexity index is 749. The molecule has 0 atom stereocenters. The van der Waals surface area contributed by atoms with Gasteiger partial charge in [0.05, 0.1) is 0 Å². The highest BCUT2D eigenvalue weighted by Crippen LogP contribution is 2.16. The summed E-state index contributed by atoms with van der Waals surface area (Å²) in [6.45, 7) is 12.5. The van der Waals surface area contributed by atoms with Crippen LogP contribution < -0.4 is 10.2 Å². The Morgan fingerprint density at radius 3 is 2.54 bits per heavy atom. The zero-order valence-corrected chi connectivity index (χ0v) is 17.4. The van der Waals surface area contributed by atoms with Gasteiger partial charge in [-0.1, -0.05) is 56.3 Å². The predicted octanol–water partition coefficient (Wildman–Crippen LogP) is 4.08. The van der Waals surface area contributed by atoms with Gasteiger partial charge in [-0.3, -0.25) is 4.90 Å². The van der Waals surface area contributed by atoms with Crippen molar-refractivity contribution in [1.29, 1.82) is 0 Å². The topological polar surface area (TPSA) is 44.3 Å². The first-order chi connectivity index (χ1) is 13.6. The number of rotatable bonds is 8. The summed E-state index contributed by atoms with van der Waals surface area (Å²) in [7, 11) is 0. The van der Waals surface area contributed by atoms with Crippen LogP contribution in [0, 0.1) is 12.8 Å². The molecular weight excluding hydrogens is 346 g/mol. The van der Waals surface area contributed by atoms with E-state index >= 15 is 0 Å². The standard InChI is InChI=1S/C23H33N5/c1-19(2)11-12-24-22-18-20(3)25-23(26-22)28-16-14-27(15-17-28)13-7-10-21-8-5-4-6-9-21/h4-10,18-19H,11-17H2,1-3H3,(H,24,25,26)/b10-7+. The molecule has 5 nitrogen and oxygen atoms in total. The Hall–Kier alpha value is -2.40. The van der Waals surface area contributed by atoms with Gasteiger partial charge in [-0.25, -0.2) is 4.98 Å². The number of hydrogen-bond donors (Lipinski definition) is 1. The molecular formula is C23H33N5. The molecule has 1 aliphatic heterocycles. The van der Waals surface area contributed by atoms with E-state index in [2.05, 4.69) is 76.4 Å². The number of hydrogen-bond acceptors (Lipinski definition) is 5. The molecule has 1 saturated heterocycles. The van der Waals surface area contributed by atoms with Gasteiger partial charge >= 0.3 is 0 Å². The maximum absolute atomic E-state index is 4.75. The second-order valence-electron chi connectivity index (χ2n) is 7.90. The molecule has 150 valence electrons. The van der Waals surface area contributed by atoms with Crippen LogP contribution >= 0.6 is 0 Å². The molecule has 1 fully saturated rings. The van der Waals surface area contributed by atoms with Crippen molar-refractivity contribution in [1.82, 2.24) is 14.9 Å². The Morgan fingerprint density at radius 1 is 1.07 bits per heavy atom. The van der Waals surface area contributed by atoms with Gasteiger partial charge in [-0.15, -0.1) is 0 Å². The van der Waals surface area contributed by atoms with E-state index in [1.54, 1.807) is 0 Å². The van der Waals surface area contributed by atoms with Gasteiger partial charge in [0, 0.05) is 51.0 Å². The Morgan fingerprint density at radius 2 is 1.82 bits per heavy atom. The number of benzene rings is 1. The van der Waals surface area contributed by atoms with Crippen LogP contribution in [0.15, 0.2) is 42.5 Å². The molecule has 0 bridgehead atoms. The van der Waals surface area contributed by atoms with Gasteiger partial charge < -0.3 is 10.2 Å². The third kappa shape index (κ3) is 6.34. The zero-order chi connectivity index (χ0) is 19.8. The highest BCUT2D eigenvalue weighted by Gasteiger charge is 2.19. The van der Waals surface area contributed by atoms with Crippen molar-refractivity contribution in [3.8, 4) is 0 Å². The van der Waals surface area contributed by atoms with Crippen molar-refractivity contribution in [2.45, 2.75) is 27.2 Å². The smallest absolute Gasteiger partial charge is 0.227 e. The van der Waals surface area contributed by atoms with Crippen LogP contribution in [-0.2, 0) is 0 Å². The van der Waals surface area contributed by atoms with E-state index in [9.17, 15) is 0 Å². The van der Waals surface area contributed by atoms with Crippen LogP contribution in [0.5, 0.6) is 0 Å². The number of nitrogens with one attached hydrogen (secondary N) is 1. The van der Waals surface area contributed by atoms with Crippen molar-refractivity contribution in [2.75, 3.05) is 49.5 Å². The summed E-state index contributed by atoms with van der Waals surface area (Å²) in [5.74, 6) is 2.49. The molecule has 3 rings (SSSR count). The predicted molar refractivity (Wildman–Crippen MR) is 119 cm³/mol. The Labute approximate surface area is 169 Å². The molecule has 1 aromatic carbocycles. The first-order valence-corrected chi connectivity index (χ1v) is 10.4. The van der Waals surface area contributed by atoms with Crippen LogP contribution in [0.1, 0.15) is 31.5 Å². The van der Waals surface area contributed by atoms with E-state index in [-0.39, 0.29) is 0 Å². The third-order valence-corrected chi connectivity index (χ3v) is 5.00. The van der Waals surface area contributed by atoms with Crippen LogP contribution in [-0.4, -0.2) is 54.1 Å². The Kier molecular flexibility index (Phi) is 7.43. The monoisotopic (exact) mass is 379 g/mol. The lowest BCUT2D eigenvalue weighted by Crippen LogP contribution is -2.47. The molecule has 0 amide bonds. The minimum absolute atomic E-state index is 0.693. The number of aromatic nitrogens is 2. The lowest BCUT2D eigenvalue weighted by atomic mass is 10.1. The van der Waals surface area contributed by atoms with E-state index in [1.807, 2.05) is 13.0 Å². The summed E-state index contributed by atoms with van der Waals surface area (Å²) in [6, 6.07) is 12.5. The summed E-state index contributed by atoms with van der Waals surface area (Å²) in [4.78, 5) is 14.2. The van der Waals surface area contributed by atoms with Gasteiger partial charge in [-0.2, -0.15) is 4.98 Å². The molecule has 2 heterocycles. The average Bonchev–Trinajstić information content (AvgIpc) is 2.69. The third-order valence-electron chi connectivity index (χ3n) is 5.00. The first-order valence-electron chi connectivity index (χ1n) is 10.4. The summed E-state index contributed by atoms with van der Waals surface area (Å²) in [5.41, 5.74) is 2.28. The van der Waals surface area contributed by atoms with Crippen molar-refractivity contribution in [3.63, 3.8) is 0 Å². The van der Waals surface area contributed by atoms with Gasteiger partial charge in [-0.05, 0) is 24.8 Å². The normalized spacial score (nSPS) is 15.5. The van der Waals surface area contributed by atoms with E-state index in [4.69, 9.17) is 4.98 Å². The quantitative estimate of drug-likeness (QED) is 0.749. The van der Waals surface area contributed by atoms with Gasteiger partial charge in [0.15, 0.2) is 0 Å². The highest BCUT2D eigenvalue weighted by atomic mass is 15.3. The van der Waals surface area contributed by atoms with Gasteiger partial charge in [0.25, 0.3) is 0 Å². The largest absolute Gasteiger partial charge is 0.370 e. The molecule has 2 aromatic rings.